The summed E-state index contributed by atoms with van der Waals surface area (Å²) in [4.78, 5) is 14.7. The first-order chi connectivity index (χ1) is 16.6. The van der Waals surface area contributed by atoms with Crippen molar-refractivity contribution in [3.8, 4) is 28.7 Å². The Morgan fingerprint density at radius 1 is 1.18 bits per heavy atom. The number of fused-ring (bicyclic) bond motifs is 3. The summed E-state index contributed by atoms with van der Waals surface area (Å²) < 4.78 is 11.9. The van der Waals surface area contributed by atoms with Crippen LogP contribution in [0.3, 0.4) is 0 Å². The van der Waals surface area contributed by atoms with Crippen LogP contribution in [0.25, 0.3) is 33.1 Å². The molecule has 1 aliphatic heterocycles. The second-order valence-corrected chi connectivity index (χ2v) is 8.52. The average molecular weight is 458 g/mol. The van der Waals surface area contributed by atoms with Gasteiger partial charge in [0.05, 0.1) is 30.8 Å². The van der Waals surface area contributed by atoms with Crippen LogP contribution in [-0.2, 0) is 6.61 Å². The van der Waals surface area contributed by atoms with Gasteiger partial charge in [0.25, 0.3) is 0 Å². The van der Waals surface area contributed by atoms with E-state index in [-0.39, 0.29) is 18.4 Å². The number of pyridine rings is 2. The van der Waals surface area contributed by atoms with E-state index in [1.54, 1.807) is 19.5 Å². The highest BCUT2D eigenvalue weighted by atomic mass is 16.5. The van der Waals surface area contributed by atoms with E-state index >= 15 is 0 Å². The van der Waals surface area contributed by atoms with E-state index < -0.39 is 0 Å². The fraction of sp³-hybridized carbons (Fsp3) is 0.346. The number of nitrogens with one attached hydrogen (secondary N) is 1. The van der Waals surface area contributed by atoms with Crippen molar-refractivity contribution >= 4 is 21.9 Å². The largest absolute Gasteiger partial charge is 0.496 e. The Labute approximate surface area is 197 Å². The molecule has 1 aromatic carbocycles. The molecular formula is C26H27N5O3. The summed E-state index contributed by atoms with van der Waals surface area (Å²) in [5, 5.41) is 21.0. The van der Waals surface area contributed by atoms with Crippen LogP contribution in [-0.4, -0.2) is 57.8 Å². The van der Waals surface area contributed by atoms with Gasteiger partial charge < -0.3 is 24.5 Å². The molecule has 1 saturated heterocycles. The Balaban J connectivity index is 1.60. The number of nitrogens with zero attached hydrogens (tertiary/aromatic N) is 4. The number of H-pyrrole nitrogens is 1. The molecule has 2 N–H and O–H groups in total. The summed E-state index contributed by atoms with van der Waals surface area (Å²) in [6.07, 6.45) is 5.33. The topological polar surface area (TPSA) is 107 Å². The molecule has 0 saturated carbocycles. The van der Waals surface area contributed by atoms with Gasteiger partial charge in [-0.3, -0.25) is 0 Å². The number of aromatic amines is 1. The zero-order valence-electron chi connectivity index (χ0n) is 19.3. The Morgan fingerprint density at radius 2 is 2.00 bits per heavy atom. The number of nitriles is 1. The van der Waals surface area contributed by atoms with E-state index in [1.807, 2.05) is 24.3 Å². The first kappa shape index (κ1) is 22.1. The van der Waals surface area contributed by atoms with Gasteiger partial charge in [-0.05, 0) is 37.1 Å². The number of piperidine rings is 1. The van der Waals surface area contributed by atoms with E-state index in [9.17, 15) is 10.4 Å². The van der Waals surface area contributed by atoms with Crippen LogP contribution in [0.15, 0.2) is 36.7 Å². The molecule has 0 amide bonds. The number of likely N-dealkylation sites (tertiary alicyclic amines) is 1. The number of aromatic nitrogens is 3. The van der Waals surface area contributed by atoms with E-state index in [4.69, 9.17) is 9.47 Å². The van der Waals surface area contributed by atoms with Crippen molar-refractivity contribution in [1.29, 1.82) is 5.26 Å². The van der Waals surface area contributed by atoms with Gasteiger partial charge in [-0.1, -0.05) is 19.1 Å². The molecule has 0 radical (unpaired) electrons. The SMILES string of the molecule is CCN1CCC(Oc2c(C#N)ncc3[nH]c4ncc(-c5ccc(CO)c(OC)c5)cc4c23)CC1. The fourth-order valence-electron chi connectivity index (χ4n) is 4.65. The smallest absolute Gasteiger partial charge is 0.183 e. The first-order valence-electron chi connectivity index (χ1n) is 11.5. The maximum Gasteiger partial charge on any atom is 0.183 e. The first-order valence-corrected chi connectivity index (χ1v) is 11.5. The molecular weight excluding hydrogens is 430 g/mol. The van der Waals surface area contributed by atoms with Crippen LogP contribution >= 0.6 is 0 Å². The summed E-state index contributed by atoms with van der Waals surface area (Å²) in [5.74, 6) is 1.14. The number of aliphatic hydroxyl groups is 1. The van der Waals surface area contributed by atoms with Crippen LogP contribution in [0.5, 0.6) is 11.5 Å². The molecule has 0 unspecified atom stereocenters. The maximum absolute atomic E-state index is 9.78. The Hall–Kier alpha value is -3.67. The summed E-state index contributed by atoms with van der Waals surface area (Å²) in [6.45, 7) is 5.08. The van der Waals surface area contributed by atoms with Crippen LogP contribution in [0.2, 0.25) is 0 Å². The van der Waals surface area contributed by atoms with Gasteiger partial charge in [-0.25, -0.2) is 9.97 Å². The monoisotopic (exact) mass is 457 g/mol. The third-order valence-corrected chi connectivity index (χ3v) is 6.61. The normalized spacial score (nSPS) is 15.0. The van der Waals surface area contributed by atoms with Gasteiger partial charge in [-0.2, -0.15) is 5.26 Å². The number of methoxy groups -OCH3 is 1. The molecule has 174 valence electrons. The maximum atomic E-state index is 9.78. The van der Waals surface area contributed by atoms with Gasteiger partial charge in [0.1, 0.15) is 23.6 Å². The van der Waals surface area contributed by atoms with Crippen molar-refractivity contribution in [1.82, 2.24) is 19.9 Å². The molecule has 4 aromatic rings. The summed E-state index contributed by atoms with van der Waals surface area (Å²) in [6, 6.07) is 9.93. The van der Waals surface area contributed by atoms with E-state index in [1.165, 1.54) is 0 Å². The van der Waals surface area contributed by atoms with Gasteiger partial charge in [0.2, 0.25) is 0 Å². The zero-order chi connectivity index (χ0) is 23.7. The molecule has 0 aliphatic carbocycles. The van der Waals surface area contributed by atoms with Gasteiger partial charge >= 0.3 is 0 Å². The minimum Gasteiger partial charge on any atom is -0.496 e. The van der Waals surface area contributed by atoms with Crippen molar-refractivity contribution in [2.45, 2.75) is 32.5 Å². The lowest BCUT2D eigenvalue weighted by Crippen LogP contribution is -2.38. The van der Waals surface area contributed by atoms with Crippen LogP contribution in [0, 0.1) is 11.3 Å². The molecule has 0 spiro atoms. The molecule has 1 aliphatic rings. The lowest BCUT2D eigenvalue weighted by Gasteiger charge is -2.31. The number of ether oxygens (including phenoxy) is 2. The molecule has 34 heavy (non-hydrogen) atoms. The van der Waals surface area contributed by atoms with Crippen molar-refractivity contribution in [2.75, 3.05) is 26.7 Å². The second kappa shape index (κ2) is 9.29. The van der Waals surface area contributed by atoms with Gasteiger partial charge in [0, 0.05) is 35.8 Å². The fourth-order valence-corrected chi connectivity index (χ4v) is 4.65. The van der Waals surface area contributed by atoms with Crippen molar-refractivity contribution in [3.63, 3.8) is 0 Å². The molecule has 8 nitrogen and oxygen atoms in total. The molecule has 3 aromatic heterocycles. The number of hydrogen-bond donors (Lipinski definition) is 2. The molecule has 1 fully saturated rings. The average Bonchev–Trinajstić information content (AvgIpc) is 3.27. The minimum atomic E-state index is -0.0923. The molecule has 4 heterocycles. The Kier molecular flexibility index (Phi) is 6.05. The highest BCUT2D eigenvalue weighted by Gasteiger charge is 2.24. The lowest BCUT2D eigenvalue weighted by molar-refractivity contribution is 0.104. The van der Waals surface area contributed by atoms with Gasteiger partial charge in [-0.15, -0.1) is 0 Å². The van der Waals surface area contributed by atoms with E-state index in [0.717, 1.165) is 65.5 Å². The Morgan fingerprint density at radius 3 is 2.71 bits per heavy atom. The predicted molar refractivity (Wildman–Crippen MR) is 130 cm³/mol. The number of hydrogen-bond acceptors (Lipinski definition) is 7. The number of rotatable bonds is 6. The highest BCUT2D eigenvalue weighted by Crippen LogP contribution is 2.37. The van der Waals surface area contributed by atoms with Crippen molar-refractivity contribution < 1.29 is 14.6 Å². The standard InChI is InChI=1S/C26H27N5O3/c1-3-31-8-6-19(7-9-31)34-25-21(12-27)28-14-22-24(25)20-10-18(13-29-26(20)30-22)16-4-5-17(15-32)23(11-16)33-2/h4-5,10-11,13-14,19,32H,3,6-9,15H2,1-2H3,(H,29,30). The number of aliphatic hydroxyl groups excluding tert-OH is 1. The number of benzene rings is 1. The quantitative estimate of drug-likeness (QED) is 0.450. The molecule has 0 atom stereocenters. The summed E-state index contributed by atoms with van der Waals surface area (Å²) >= 11 is 0. The van der Waals surface area contributed by atoms with Crippen LogP contribution in [0.1, 0.15) is 31.0 Å². The molecule has 0 bridgehead atoms. The third kappa shape index (κ3) is 3.94. The van der Waals surface area contributed by atoms with Crippen LogP contribution in [0.4, 0.5) is 0 Å². The Bertz CT molecular complexity index is 1380. The van der Waals surface area contributed by atoms with Gasteiger partial charge in [0.15, 0.2) is 11.4 Å². The minimum absolute atomic E-state index is 0.0404. The molecule has 5 rings (SSSR count). The lowest BCUT2D eigenvalue weighted by atomic mass is 10.0. The van der Waals surface area contributed by atoms with Crippen LogP contribution < -0.4 is 9.47 Å². The predicted octanol–water partition coefficient (Wildman–Crippen LogP) is 4.01. The summed E-state index contributed by atoms with van der Waals surface area (Å²) in [7, 11) is 1.59. The highest BCUT2D eigenvalue weighted by molar-refractivity contribution is 6.10. The second-order valence-electron chi connectivity index (χ2n) is 8.52. The van der Waals surface area contributed by atoms with E-state index in [0.29, 0.717) is 17.1 Å². The van der Waals surface area contributed by atoms with E-state index in [2.05, 4.69) is 32.8 Å². The third-order valence-electron chi connectivity index (χ3n) is 6.61. The van der Waals surface area contributed by atoms with Crippen molar-refractivity contribution in [3.05, 3.63) is 47.9 Å². The zero-order valence-corrected chi connectivity index (χ0v) is 19.3. The summed E-state index contributed by atoms with van der Waals surface area (Å²) in [5.41, 5.74) is 4.32. The molecule has 8 heteroatoms. The van der Waals surface area contributed by atoms with Crippen molar-refractivity contribution in [2.24, 2.45) is 0 Å².